The molecule has 0 amide bonds. The molecule has 2 aromatic carbocycles. The van der Waals surface area contributed by atoms with Crippen molar-refractivity contribution in [2.45, 2.75) is 19.3 Å². The fourth-order valence-electron chi connectivity index (χ4n) is 2.87. The normalized spacial score (nSPS) is 11.9. The SMILES string of the molecule is CC(C)C(CO[SiH3])(c1ccccc1)c1ccccc1. The fraction of sp³-hybridized carbons (Fsp3) is 0.294. The molecule has 100 valence electrons. The van der Waals surface area contributed by atoms with Crippen LogP contribution in [0.1, 0.15) is 25.0 Å². The standard InChI is InChI=1S/C17H22OSi/c1-14(2)17(13-18-19,15-9-5-3-6-10-15)16-11-7-4-8-12-16/h3-12,14H,13H2,1-2,19H3. The Labute approximate surface area is 119 Å². The molecule has 2 aromatic rings. The van der Waals surface area contributed by atoms with Crippen molar-refractivity contribution >= 4 is 10.5 Å². The molecule has 2 rings (SSSR count). The first-order chi connectivity index (χ1) is 9.21. The Kier molecular flexibility index (Phi) is 4.56. The zero-order valence-electron chi connectivity index (χ0n) is 12.0. The summed E-state index contributed by atoms with van der Waals surface area (Å²) in [7, 11) is 0.768. The molecule has 0 spiro atoms. The van der Waals surface area contributed by atoms with Crippen LogP contribution in [0, 0.1) is 5.92 Å². The maximum atomic E-state index is 5.72. The molecule has 0 saturated carbocycles. The number of hydrogen-bond acceptors (Lipinski definition) is 1. The van der Waals surface area contributed by atoms with Crippen molar-refractivity contribution < 1.29 is 4.43 Å². The Morgan fingerprint density at radius 3 is 1.63 bits per heavy atom. The molecule has 19 heavy (non-hydrogen) atoms. The largest absolute Gasteiger partial charge is 0.427 e. The highest BCUT2D eigenvalue weighted by Gasteiger charge is 2.37. The number of benzene rings is 2. The summed E-state index contributed by atoms with van der Waals surface area (Å²) >= 11 is 0. The number of rotatable bonds is 5. The van der Waals surface area contributed by atoms with Gasteiger partial charge in [0.05, 0.1) is 0 Å². The lowest BCUT2D eigenvalue weighted by atomic mass is 9.67. The van der Waals surface area contributed by atoms with Crippen LogP contribution in [-0.2, 0) is 9.84 Å². The van der Waals surface area contributed by atoms with Gasteiger partial charge in [0.2, 0.25) is 0 Å². The van der Waals surface area contributed by atoms with Crippen molar-refractivity contribution in [3.05, 3.63) is 71.8 Å². The second kappa shape index (κ2) is 6.18. The molecular formula is C17H22OSi. The topological polar surface area (TPSA) is 9.23 Å². The van der Waals surface area contributed by atoms with Crippen LogP contribution in [0.3, 0.4) is 0 Å². The first-order valence-corrected chi connectivity index (χ1v) is 7.63. The minimum absolute atomic E-state index is 0.0513. The van der Waals surface area contributed by atoms with Crippen LogP contribution in [0.2, 0.25) is 0 Å². The molecule has 0 N–H and O–H groups in total. The van der Waals surface area contributed by atoms with Gasteiger partial charge in [-0.2, -0.15) is 0 Å². The molecule has 0 aliphatic carbocycles. The highest BCUT2D eigenvalue weighted by Crippen LogP contribution is 2.39. The molecule has 1 nitrogen and oxygen atoms in total. The zero-order valence-corrected chi connectivity index (χ0v) is 14.0. The molecule has 0 aliphatic rings. The summed E-state index contributed by atoms with van der Waals surface area (Å²) < 4.78 is 5.72. The van der Waals surface area contributed by atoms with Gasteiger partial charge in [-0.25, -0.2) is 0 Å². The Hall–Kier alpha value is -1.38. The lowest BCUT2D eigenvalue weighted by Crippen LogP contribution is -2.38. The minimum Gasteiger partial charge on any atom is -0.427 e. The maximum absolute atomic E-state index is 5.72. The van der Waals surface area contributed by atoms with Crippen LogP contribution in [0.4, 0.5) is 0 Å². The second-order valence-corrected chi connectivity index (χ2v) is 5.87. The molecule has 0 heterocycles. The third-order valence-electron chi connectivity index (χ3n) is 3.94. The fourth-order valence-corrected chi connectivity index (χ4v) is 3.32. The second-order valence-electron chi connectivity index (χ2n) is 5.29. The highest BCUT2D eigenvalue weighted by atomic mass is 28.2. The van der Waals surface area contributed by atoms with Crippen LogP contribution in [-0.4, -0.2) is 17.1 Å². The van der Waals surface area contributed by atoms with E-state index in [1.165, 1.54) is 11.1 Å². The summed E-state index contributed by atoms with van der Waals surface area (Å²) in [5.41, 5.74) is 2.63. The quantitative estimate of drug-likeness (QED) is 0.759. The Morgan fingerprint density at radius 2 is 1.32 bits per heavy atom. The van der Waals surface area contributed by atoms with Crippen molar-refractivity contribution in [3.63, 3.8) is 0 Å². The average molecular weight is 270 g/mol. The molecule has 0 unspecified atom stereocenters. The average Bonchev–Trinajstić information content (AvgIpc) is 2.46. The lowest BCUT2D eigenvalue weighted by molar-refractivity contribution is 0.214. The summed E-state index contributed by atoms with van der Waals surface area (Å²) in [4.78, 5) is 0. The minimum atomic E-state index is -0.0513. The van der Waals surface area contributed by atoms with Crippen molar-refractivity contribution in [1.82, 2.24) is 0 Å². The predicted molar refractivity (Wildman–Crippen MR) is 84.4 cm³/mol. The van der Waals surface area contributed by atoms with Crippen LogP contribution in [0.5, 0.6) is 0 Å². The van der Waals surface area contributed by atoms with E-state index in [-0.39, 0.29) is 5.41 Å². The highest BCUT2D eigenvalue weighted by molar-refractivity contribution is 5.98. The molecule has 0 atom stereocenters. The van der Waals surface area contributed by atoms with E-state index < -0.39 is 0 Å². The van der Waals surface area contributed by atoms with Gasteiger partial charge < -0.3 is 4.43 Å². The zero-order chi connectivity index (χ0) is 13.7. The summed E-state index contributed by atoms with van der Waals surface area (Å²) in [5, 5.41) is 0. The van der Waals surface area contributed by atoms with Crippen LogP contribution < -0.4 is 0 Å². The van der Waals surface area contributed by atoms with E-state index in [0.29, 0.717) is 5.92 Å². The van der Waals surface area contributed by atoms with E-state index >= 15 is 0 Å². The van der Waals surface area contributed by atoms with Crippen molar-refractivity contribution in [2.24, 2.45) is 5.92 Å². The van der Waals surface area contributed by atoms with Gasteiger partial charge in [-0.1, -0.05) is 74.5 Å². The van der Waals surface area contributed by atoms with Gasteiger partial charge in [-0.15, -0.1) is 0 Å². The van der Waals surface area contributed by atoms with Gasteiger partial charge >= 0.3 is 0 Å². The van der Waals surface area contributed by atoms with Gasteiger partial charge in [0, 0.05) is 12.0 Å². The van der Waals surface area contributed by atoms with E-state index in [9.17, 15) is 0 Å². The molecule has 0 fully saturated rings. The predicted octanol–water partition coefficient (Wildman–Crippen LogP) is 2.93. The van der Waals surface area contributed by atoms with Gasteiger partial charge in [0.1, 0.15) is 10.5 Å². The molecular weight excluding hydrogens is 248 g/mol. The third-order valence-corrected chi connectivity index (χ3v) is 4.22. The van der Waals surface area contributed by atoms with Crippen molar-refractivity contribution in [1.29, 1.82) is 0 Å². The Balaban J connectivity index is 2.61. The summed E-state index contributed by atoms with van der Waals surface area (Å²) in [5.74, 6) is 0.478. The molecule has 0 aliphatic heterocycles. The maximum Gasteiger partial charge on any atom is 0.146 e. The molecule has 0 aromatic heterocycles. The molecule has 2 heteroatoms. The van der Waals surface area contributed by atoms with E-state index in [0.717, 1.165) is 17.1 Å². The molecule has 0 radical (unpaired) electrons. The third kappa shape index (κ3) is 2.65. The number of hydrogen-bond donors (Lipinski definition) is 0. The first-order valence-electron chi connectivity index (χ1n) is 6.82. The lowest BCUT2D eigenvalue weighted by Gasteiger charge is -2.38. The van der Waals surface area contributed by atoms with Gasteiger partial charge in [-0.3, -0.25) is 0 Å². The summed E-state index contributed by atoms with van der Waals surface area (Å²) in [6, 6.07) is 21.5. The van der Waals surface area contributed by atoms with Crippen LogP contribution >= 0.6 is 0 Å². The van der Waals surface area contributed by atoms with E-state index in [1.54, 1.807) is 0 Å². The van der Waals surface area contributed by atoms with E-state index in [2.05, 4.69) is 74.5 Å². The van der Waals surface area contributed by atoms with Gasteiger partial charge in [-0.05, 0) is 17.0 Å². The van der Waals surface area contributed by atoms with Crippen LogP contribution in [0.15, 0.2) is 60.7 Å². The van der Waals surface area contributed by atoms with E-state index in [4.69, 9.17) is 4.43 Å². The van der Waals surface area contributed by atoms with Gasteiger partial charge in [0.25, 0.3) is 0 Å². The monoisotopic (exact) mass is 270 g/mol. The Morgan fingerprint density at radius 1 is 0.895 bits per heavy atom. The smallest absolute Gasteiger partial charge is 0.146 e. The summed E-state index contributed by atoms with van der Waals surface area (Å²) in [6.45, 7) is 5.31. The van der Waals surface area contributed by atoms with E-state index in [1.807, 2.05) is 0 Å². The van der Waals surface area contributed by atoms with Crippen LogP contribution in [0.25, 0.3) is 0 Å². The first kappa shape index (κ1) is 14.0. The van der Waals surface area contributed by atoms with Gasteiger partial charge in [0.15, 0.2) is 0 Å². The molecule has 0 bridgehead atoms. The van der Waals surface area contributed by atoms with Crippen molar-refractivity contribution in [3.8, 4) is 0 Å². The Bertz CT molecular complexity index is 454. The van der Waals surface area contributed by atoms with Crippen molar-refractivity contribution in [2.75, 3.05) is 6.61 Å². The molecule has 0 saturated heterocycles. The summed E-state index contributed by atoms with van der Waals surface area (Å²) in [6.07, 6.45) is 0.